The highest BCUT2D eigenvalue weighted by atomic mass is 19.3. The van der Waals surface area contributed by atoms with E-state index in [1.807, 2.05) is 0 Å². The van der Waals surface area contributed by atoms with Crippen LogP contribution in [0.25, 0.3) is 6.08 Å². The molecule has 1 aliphatic heterocycles. The Kier molecular flexibility index (Phi) is 4.80. The number of hydrogen-bond donors (Lipinski definition) is 1. The highest BCUT2D eigenvalue weighted by Crippen LogP contribution is 2.39. The molecule has 0 spiro atoms. The molecule has 3 unspecified atom stereocenters. The average molecular weight is 362 g/mol. The highest BCUT2D eigenvalue weighted by Gasteiger charge is 2.52. The molecule has 0 aromatic carbocycles. The van der Waals surface area contributed by atoms with E-state index in [2.05, 4.69) is 14.7 Å². The van der Waals surface area contributed by atoms with Gasteiger partial charge in [-0.1, -0.05) is 0 Å². The molecule has 6 nitrogen and oxygen atoms in total. The molecule has 0 saturated carbocycles. The van der Waals surface area contributed by atoms with E-state index in [0.29, 0.717) is 12.2 Å². The van der Waals surface area contributed by atoms with Crippen LogP contribution in [-0.2, 0) is 15.2 Å². The van der Waals surface area contributed by atoms with Crippen LogP contribution in [0.15, 0.2) is 18.6 Å². The molecule has 0 bridgehead atoms. The normalized spacial score (nSPS) is 32.0. The number of ether oxygens (including phenoxy) is 2. The summed E-state index contributed by atoms with van der Waals surface area (Å²) in [7, 11) is 1.57. The molecule has 3 rings (SSSR count). The van der Waals surface area contributed by atoms with Gasteiger partial charge in [0.2, 0.25) is 0 Å². The molecular formula is C15H18F4N4O2. The zero-order valence-electron chi connectivity index (χ0n) is 13.4. The van der Waals surface area contributed by atoms with Crippen LogP contribution in [0.3, 0.4) is 0 Å². The summed E-state index contributed by atoms with van der Waals surface area (Å²) in [4.78, 5) is 9.24. The molecule has 0 radical (unpaired) electrons. The zero-order chi connectivity index (χ0) is 18.2. The van der Waals surface area contributed by atoms with Gasteiger partial charge in [0.15, 0.2) is 5.72 Å². The number of nitrogens with two attached hydrogens (primary N) is 1. The Hall–Kier alpha value is -1.62. The molecule has 25 heavy (non-hydrogen) atoms. The molecule has 2 aliphatic rings. The van der Waals surface area contributed by atoms with Gasteiger partial charge < -0.3 is 14.4 Å². The van der Waals surface area contributed by atoms with Gasteiger partial charge in [-0.3, -0.25) is 5.73 Å². The zero-order valence-corrected chi connectivity index (χ0v) is 13.4. The topological polar surface area (TPSA) is 73.5 Å². The fourth-order valence-electron chi connectivity index (χ4n) is 3.11. The fourth-order valence-corrected chi connectivity index (χ4v) is 3.11. The van der Waals surface area contributed by atoms with E-state index in [1.165, 1.54) is 29.6 Å². The number of alkyl halides is 4. The predicted molar refractivity (Wildman–Crippen MR) is 79.7 cm³/mol. The van der Waals surface area contributed by atoms with E-state index in [1.54, 1.807) is 7.05 Å². The van der Waals surface area contributed by atoms with E-state index < -0.39 is 37.0 Å². The van der Waals surface area contributed by atoms with Crippen molar-refractivity contribution in [1.29, 1.82) is 0 Å². The number of rotatable bonds is 4. The molecule has 1 aliphatic carbocycles. The number of likely N-dealkylation sites (tertiary alicyclic amines) is 1. The minimum Gasteiger partial charge on any atom is -0.344 e. The molecule has 138 valence electrons. The molecule has 1 aromatic heterocycles. The van der Waals surface area contributed by atoms with Gasteiger partial charge in [-0.05, 0) is 25.6 Å². The summed E-state index contributed by atoms with van der Waals surface area (Å²) in [5.41, 5.74) is 4.57. The summed E-state index contributed by atoms with van der Waals surface area (Å²) in [6.07, 6.45) is 2.15. The van der Waals surface area contributed by atoms with Gasteiger partial charge in [0, 0.05) is 18.3 Å². The van der Waals surface area contributed by atoms with Crippen molar-refractivity contribution in [3.8, 4) is 0 Å². The first-order chi connectivity index (χ1) is 11.7. The first kappa shape index (κ1) is 18.2. The number of aromatic nitrogens is 2. The van der Waals surface area contributed by atoms with Crippen molar-refractivity contribution >= 4 is 6.08 Å². The standard InChI is InChI=1S/C15H18F4N4O2/c1-23-5-4-11(14(18,19)7-23)25-15(20)9-6-21-8-22-10(9)2-3-12(15)24-13(16)17/h2-3,6,8,11-13H,4-5,7,20H2,1H3. The van der Waals surface area contributed by atoms with Gasteiger partial charge in [0.1, 0.15) is 18.5 Å². The fraction of sp³-hybridized carbons (Fsp3) is 0.600. The number of hydrogen-bond acceptors (Lipinski definition) is 6. The number of piperidine rings is 1. The second-order valence-corrected chi connectivity index (χ2v) is 6.19. The van der Waals surface area contributed by atoms with Crippen LogP contribution in [0.5, 0.6) is 0 Å². The maximum Gasteiger partial charge on any atom is 0.346 e. The molecule has 1 aromatic rings. The van der Waals surface area contributed by atoms with Crippen molar-refractivity contribution in [3.63, 3.8) is 0 Å². The smallest absolute Gasteiger partial charge is 0.344 e. The van der Waals surface area contributed by atoms with Crippen LogP contribution >= 0.6 is 0 Å². The first-order valence-corrected chi connectivity index (χ1v) is 7.68. The van der Waals surface area contributed by atoms with Gasteiger partial charge in [0.25, 0.3) is 5.92 Å². The van der Waals surface area contributed by atoms with Crippen molar-refractivity contribution in [3.05, 3.63) is 29.9 Å². The summed E-state index contributed by atoms with van der Waals surface area (Å²) < 4.78 is 64.3. The van der Waals surface area contributed by atoms with Crippen LogP contribution in [0.4, 0.5) is 17.6 Å². The minimum absolute atomic E-state index is 0.00339. The van der Waals surface area contributed by atoms with Gasteiger partial charge in [-0.2, -0.15) is 8.78 Å². The number of halogens is 4. The van der Waals surface area contributed by atoms with Gasteiger partial charge in [-0.15, -0.1) is 0 Å². The lowest BCUT2D eigenvalue weighted by molar-refractivity contribution is -0.266. The lowest BCUT2D eigenvalue weighted by Gasteiger charge is -2.44. The Labute approximate surface area is 141 Å². The van der Waals surface area contributed by atoms with Crippen molar-refractivity contribution in [2.24, 2.45) is 5.73 Å². The van der Waals surface area contributed by atoms with E-state index in [-0.39, 0.29) is 12.0 Å². The third-order valence-electron chi connectivity index (χ3n) is 4.33. The molecule has 2 N–H and O–H groups in total. The Bertz CT molecular complexity index is 660. The SMILES string of the molecule is CN1CCC(OC2(N)c3cncnc3C=CC2OC(F)F)C(F)(F)C1. The summed E-state index contributed by atoms with van der Waals surface area (Å²) in [6.45, 7) is -3.29. The van der Waals surface area contributed by atoms with E-state index in [9.17, 15) is 17.6 Å². The molecule has 0 amide bonds. The van der Waals surface area contributed by atoms with E-state index in [0.717, 1.165) is 0 Å². The van der Waals surface area contributed by atoms with Crippen LogP contribution < -0.4 is 5.73 Å². The quantitative estimate of drug-likeness (QED) is 0.648. The molecule has 2 heterocycles. The number of nitrogens with zero attached hydrogens (tertiary/aromatic N) is 3. The monoisotopic (exact) mass is 362 g/mol. The van der Waals surface area contributed by atoms with Crippen molar-refractivity contribution < 1.29 is 27.0 Å². The van der Waals surface area contributed by atoms with Crippen molar-refractivity contribution in [1.82, 2.24) is 14.9 Å². The van der Waals surface area contributed by atoms with E-state index in [4.69, 9.17) is 10.5 Å². The summed E-state index contributed by atoms with van der Waals surface area (Å²) in [5.74, 6) is -3.19. The largest absolute Gasteiger partial charge is 0.346 e. The summed E-state index contributed by atoms with van der Waals surface area (Å²) in [5, 5.41) is 0. The maximum absolute atomic E-state index is 14.3. The average Bonchev–Trinajstić information content (AvgIpc) is 2.53. The Balaban J connectivity index is 1.95. The van der Waals surface area contributed by atoms with E-state index >= 15 is 0 Å². The first-order valence-electron chi connectivity index (χ1n) is 7.68. The maximum atomic E-state index is 14.3. The Morgan fingerprint density at radius 3 is 2.84 bits per heavy atom. The third-order valence-corrected chi connectivity index (χ3v) is 4.33. The van der Waals surface area contributed by atoms with Crippen molar-refractivity contribution in [2.75, 3.05) is 20.1 Å². The Morgan fingerprint density at radius 2 is 2.16 bits per heavy atom. The summed E-state index contributed by atoms with van der Waals surface area (Å²) in [6, 6.07) is 0. The second-order valence-electron chi connectivity index (χ2n) is 6.19. The second kappa shape index (κ2) is 6.60. The van der Waals surface area contributed by atoms with Crippen LogP contribution in [0.1, 0.15) is 17.7 Å². The third kappa shape index (κ3) is 3.52. The van der Waals surface area contributed by atoms with Gasteiger partial charge in [-0.25, -0.2) is 18.7 Å². The van der Waals surface area contributed by atoms with Crippen LogP contribution in [0, 0.1) is 0 Å². The number of fused-ring (bicyclic) bond motifs is 1. The molecule has 3 atom stereocenters. The molecule has 10 heteroatoms. The van der Waals surface area contributed by atoms with Gasteiger partial charge in [0.05, 0.1) is 12.2 Å². The van der Waals surface area contributed by atoms with Crippen LogP contribution in [-0.4, -0.2) is 59.7 Å². The molecule has 1 fully saturated rings. The predicted octanol–water partition coefficient (Wildman–Crippen LogP) is 1.58. The molecular weight excluding hydrogens is 344 g/mol. The lowest BCUT2D eigenvalue weighted by Crippen LogP contribution is -2.60. The highest BCUT2D eigenvalue weighted by molar-refractivity contribution is 5.55. The Morgan fingerprint density at radius 1 is 1.40 bits per heavy atom. The van der Waals surface area contributed by atoms with Crippen LogP contribution in [0.2, 0.25) is 0 Å². The molecule has 1 saturated heterocycles. The van der Waals surface area contributed by atoms with Gasteiger partial charge >= 0.3 is 6.61 Å². The summed E-state index contributed by atoms with van der Waals surface area (Å²) >= 11 is 0. The lowest BCUT2D eigenvalue weighted by atomic mass is 9.90. The van der Waals surface area contributed by atoms with Crippen molar-refractivity contribution in [2.45, 2.75) is 36.9 Å². The minimum atomic E-state index is -3.19.